The van der Waals surface area contributed by atoms with Gasteiger partial charge in [-0.3, -0.25) is 4.21 Å². The van der Waals surface area contributed by atoms with Crippen LogP contribution in [0.1, 0.15) is 34.6 Å². The second-order valence-electron chi connectivity index (χ2n) is 5.68. The van der Waals surface area contributed by atoms with Crippen molar-refractivity contribution < 1.29 is 4.21 Å². The normalized spacial score (nSPS) is 16.4. The van der Waals surface area contributed by atoms with Crippen LogP contribution in [-0.2, 0) is 10.8 Å². The predicted octanol–water partition coefficient (Wildman–Crippen LogP) is 2.61. The Bertz CT molecular complexity index is 208. The van der Waals surface area contributed by atoms with Crippen molar-refractivity contribution in [1.82, 2.24) is 4.90 Å². The maximum absolute atomic E-state index is 11.2. The van der Waals surface area contributed by atoms with Crippen molar-refractivity contribution >= 4 is 10.8 Å². The number of hydrogen-bond acceptors (Lipinski definition) is 2. The van der Waals surface area contributed by atoms with Gasteiger partial charge in [0.25, 0.3) is 0 Å². The van der Waals surface area contributed by atoms with Crippen molar-refractivity contribution in [2.45, 2.75) is 40.7 Å². The fraction of sp³-hybridized carbons (Fsp3) is 1.00. The van der Waals surface area contributed by atoms with Crippen LogP contribution in [0.4, 0.5) is 0 Å². The molecule has 0 spiro atoms. The molecule has 0 fully saturated rings. The fourth-order valence-corrected chi connectivity index (χ4v) is 3.10. The number of hydrogen-bond donors (Lipinski definition) is 0. The van der Waals surface area contributed by atoms with Crippen LogP contribution >= 0.6 is 0 Å². The molecule has 0 bridgehead atoms. The second-order valence-corrected chi connectivity index (χ2v) is 7.16. The maximum Gasteiger partial charge on any atom is 0.0385 e. The van der Waals surface area contributed by atoms with E-state index < -0.39 is 10.8 Å². The lowest BCUT2D eigenvalue weighted by Crippen LogP contribution is -2.39. The minimum Gasteiger partial charge on any atom is -0.302 e. The van der Waals surface area contributed by atoms with E-state index in [9.17, 15) is 4.21 Å². The van der Waals surface area contributed by atoms with Crippen LogP contribution in [-0.4, -0.2) is 40.8 Å². The third kappa shape index (κ3) is 6.00. The molecule has 0 aromatic carbocycles. The SMILES string of the molecule is CC(C)C(CN(C)[C@@H](C)C[S@@](C)=O)C(C)C. The summed E-state index contributed by atoms with van der Waals surface area (Å²) in [5, 5.41) is 0. The lowest BCUT2D eigenvalue weighted by atomic mass is 9.85. The van der Waals surface area contributed by atoms with Crippen molar-refractivity contribution in [3.05, 3.63) is 0 Å². The molecule has 2 atom stereocenters. The summed E-state index contributed by atoms with van der Waals surface area (Å²) >= 11 is 0. The summed E-state index contributed by atoms with van der Waals surface area (Å²) in [5.74, 6) is 2.92. The molecule has 0 rings (SSSR count). The first kappa shape index (κ1) is 16.1. The standard InChI is InChI=1S/C13H29NOS/c1-10(2)13(11(3)4)8-14(6)12(5)9-16(7)15/h10-13H,8-9H2,1-7H3/t12-,16+/m0/s1. The Morgan fingerprint density at radius 3 is 1.81 bits per heavy atom. The Balaban J connectivity index is 4.28. The van der Waals surface area contributed by atoms with Gasteiger partial charge in [0.15, 0.2) is 0 Å². The van der Waals surface area contributed by atoms with Gasteiger partial charge in [0.2, 0.25) is 0 Å². The Morgan fingerprint density at radius 2 is 1.50 bits per heavy atom. The average molecular weight is 247 g/mol. The molecular weight excluding hydrogens is 218 g/mol. The van der Waals surface area contributed by atoms with Crippen molar-refractivity contribution in [1.29, 1.82) is 0 Å². The van der Waals surface area contributed by atoms with Gasteiger partial charge < -0.3 is 4.90 Å². The lowest BCUT2D eigenvalue weighted by Gasteiger charge is -2.33. The fourth-order valence-electron chi connectivity index (χ4n) is 2.17. The third-order valence-corrected chi connectivity index (χ3v) is 4.39. The van der Waals surface area contributed by atoms with Crippen LogP contribution in [0.3, 0.4) is 0 Å². The van der Waals surface area contributed by atoms with Crippen LogP contribution in [0.25, 0.3) is 0 Å². The van der Waals surface area contributed by atoms with Crippen LogP contribution in [0, 0.1) is 17.8 Å². The van der Waals surface area contributed by atoms with Gasteiger partial charge >= 0.3 is 0 Å². The molecule has 0 unspecified atom stereocenters. The first-order valence-electron chi connectivity index (χ1n) is 6.26. The molecule has 0 aromatic heterocycles. The molecule has 98 valence electrons. The summed E-state index contributed by atoms with van der Waals surface area (Å²) in [5.41, 5.74) is 0. The third-order valence-electron chi connectivity index (χ3n) is 3.44. The monoisotopic (exact) mass is 247 g/mol. The highest BCUT2D eigenvalue weighted by Crippen LogP contribution is 2.22. The number of nitrogens with zero attached hydrogens (tertiary/aromatic N) is 1. The number of rotatable bonds is 7. The van der Waals surface area contributed by atoms with Crippen molar-refractivity contribution in [2.75, 3.05) is 25.6 Å². The van der Waals surface area contributed by atoms with Gasteiger partial charge in [0.1, 0.15) is 0 Å². The zero-order chi connectivity index (χ0) is 12.9. The highest BCUT2D eigenvalue weighted by molar-refractivity contribution is 7.84. The Morgan fingerprint density at radius 1 is 1.06 bits per heavy atom. The van der Waals surface area contributed by atoms with Crippen molar-refractivity contribution in [3.8, 4) is 0 Å². The summed E-state index contributed by atoms with van der Waals surface area (Å²) in [6.45, 7) is 12.4. The molecule has 0 saturated heterocycles. The molecule has 16 heavy (non-hydrogen) atoms. The molecule has 0 aliphatic heterocycles. The second kappa shape index (κ2) is 7.44. The van der Waals surface area contributed by atoms with E-state index in [2.05, 4.69) is 46.6 Å². The van der Waals surface area contributed by atoms with Crippen LogP contribution in [0.5, 0.6) is 0 Å². The lowest BCUT2D eigenvalue weighted by molar-refractivity contribution is 0.167. The van der Waals surface area contributed by atoms with E-state index in [1.54, 1.807) is 6.26 Å². The zero-order valence-electron chi connectivity index (χ0n) is 12.0. The van der Waals surface area contributed by atoms with Crippen LogP contribution in [0.15, 0.2) is 0 Å². The first-order chi connectivity index (χ1) is 7.25. The molecule has 3 heteroatoms. The van der Waals surface area contributed by atoms with Crippen molar-refractivity contribution in [3.63, 3.8) is 0 Å². The summed E-state index contributed by atoms with van der Waals surface area (Å²) in [4.78, 5) is 2.35. The van der Waals surface area contributed by atoms with E-state index in [-0.39, 0.29) is 0 Å². The van der Waals surface area contributed by atoms with Gasteiger partial charge in [-0.15, -0.1) is 0 Å². The molecular formula is C13H29NOS. The minimum absolute atomic E-state index is 0.408. The Hall–Kier alpha value is 0.110. The summed E-state index contributed by atoms with van der Waals surface area (Å²) in [7, 11) is 1.45. The summed E-state index contributed by atoms with van der Waals surface area (Å²) < 4.78 is 11.2. The van der Waals surface area contributed by atoms with Gasteiger partial charge in [-0.1, -0.05) is 27.7 Å². The minimum atomic E-state index is -0.694. The van der Waals surface area contributed by atoms with E-state index >= 15 is 0 Å². The Labute approximate surface area is 104 Å². The molecule has 0 saturated carbocycles. The molecule has 0 N–H and O–H groups in total. The van der Waals surface area contributed by atoms with E-state index in [0.717, 1.165) is 18.2 Å². The largest absolute Gasteiger partial charge is 0.302 e. The molecule has 0 radical (unpaired) electrons. The molecule has 0 aliphatic rings. The zero-order valence-corrected chi connectivity index (χ0v) is 12.8. The highest BCUT2D eigenvalue weighted by Gasteiger charge is 2.21. The van der Waals surface area contributed by atoms with Gasteiger partial charge in [0.05, 0.1) is 0 Å². The van der Waals surface area contributed by atoms with Gasteiger partial charge in [-0.25, -0.2) is 0 Å². The topological polar surface area (TPSA) is 20.3 Å². The van der Waals surface area contributed by atoms with E-state index in [4.69, 9.17) is 0 Å². The van der Waals surface area contributed by atoms with E-state index in [0.29, 0.717) is 17.9 Å². The van der Waals surface area contributed by atoms with Gasteiger partial charge in [-0.2, -0.15) is 0 Å². The molecule has 2 nitrogen and oxygen atoms in total. The molecule has 0 aromatic rings. The van der Waals surface area contributed by atoms with Crippen LogP contribution < -0.4 is 0 Å². The van der Waals surface area contributed by atoms with E-state index in [1.165, 1.54) is 0 Å². The van der Waals surface area contributed by atoms with Gasteiger partial charge in [-0.05, 0) is 31.7 Å². The maximum atomic E-state index is 11.2. The van der Waals surface area contributed by atoms with Gasteiger partial charge in [0, 0.05) is 35.4 Å². The summed E-state index contributed by atoms with van der Waals surface area (Å²) in [6, 6.07) is 0.408. The molecule has 0 heterocycles. The first-order valence-corrected chi connectivity index (χ1v) is 7.98. The predicted molar refractivity (Wildman–Crippen MR) is 74.2 cm³/mol. The summed E-state index contributed by atoms with van der Waals surface area (Å²) in [6.07, 6.45) is 1.78. The van der Waals surface area contributed by atoms with Crippen LogP contribution in [0.2, 0.25) is 0 Å². The quantitative estimate of drug-likeness (QED) is 0.689. The Kier molecular flexibility index (Phi) is 7.49. The molecule has 0 aliphatic carbocycles. The average Bonchev–Trinajstić information content (AvgIpc) is 2.11. The highest BCUT2D eigenvalue weighted by atomic mass is 32.2. The molecule has 0 amide bonds. The van der Waals surface area contributed by atoms with E-state index in [1.807, 2.05) is 0 Å². The van der Waals surface area contributed by atoms with Crippen molar-refractivity contribution in [2.24, 2.45) is 17.8 Å². The smallest absolute Gasteiger partial charge is 0.0385 e.